The summed E-state index contributed by atoms with van der Waals surface area (Å²) in [5, 5.41) is 6.63. The third kappa shape index (κ3) is 4.92. The SMILES string of the molecule is Cc1cc([C@H](C)n2cc(NC(=O)c3cncc(-c4c(C(F)F)ccc(Cl)c4F)n3)cn2)cnc1N1C[C@H]2C[C@H]2C1=O. The highest BCUT2D eigenvalue weighted by molar-refractivity contribution is 6.31. The molecule has 1 saturated carbocycles. The van der Waals surface area contributed by atoms with Crippen LogP contribution in [0.25, 0.3) is 11.3 Å². The summed E-state index contributed by atoms with van der Waals surface area (Å²) in [6.45, 7) is 4.54. The Bertz CT molecular complexity index is 1700. The fraction of sp³-hybridized carbons (Fsp3) is 0.286. The summed E-state index contributed by atoms with van der Waals surface area (Å²) in [6.07, 6.45) is 4.98. The zero-order chi connectivity index (χ0) is 29.0. The molecule has 4 heterocycles. The number of alkyl halides is 2. The van der Waals surface area contributed by atoms with Gasteiger partial charge < -0.3 is 5.32 Å². The molecule has 1 saturated heterocycles. The summed E-state index contributed by atoms with van der Waals surface area (Å²) in [6, 6.07) is 3.76. The lowest BCUT2D eigenvalue weighted by Gasteiger charge is -2.21. The van der Waals surface area contributed by atoms with Crippen molar-refractivity contribution in [1.82, 2.24) is 24.7 Å². The number of nitrogens with one attached hydrogen (secondary N) is 1. The molecular weight excluding hydrogens is 559 g/mol. The number of nitrogens with zero attached hydrogens (tertiary/aromatic N) is 6. The number of amides is 2. The largest absolute Gasteiger partial charge is 0.318 e. The second kappa shape index (κ2) is 10.3. The van der Waals surface area contributed by atoms with E-state index in [9.17, 15) is 22.8 Å². The monoisotopic (exact) mass is 581 g/mol. The maximum atomic E-state index is 14.7. The summed E-state index contributed by atoms with van der Waals surface area (Å²) < 4.78 is 43.4. The third-order valence-electron chi connectivity index (χ3n) is 7.47. The minimum absolute atomic E-state index is 0.140. The van der Waals surface area contributed by atoms with E-state index in [1.54, 1.807) is 22.0 Å². The van der Waals surface area contributed by atoms with Crippen LogP contribution in [0.15, 0.2) is 49.2 Å². The quantitative estimate of drug-likeness (QED) is 0.304. The fourth-order valence-corrected chi connectivity index (χ4v) is 5.29. The van der Waals surface area contributed by atoms with Crippen molar-refractivity contribution in [2.75, 3.05) is 16.8 Å². The lowest BCUT2D eigenvalue weighted by atomic mass is 10.0. The van der Waals surface area contributed by atoms with Crippen molar-refractivity contribution in [2.24, 2.45) is 11.8 Å². The van der Waals surface area contributed by atoms with E-state index in [1.165, 1.54) is 6.20 Å². The number of anilines is 2. The molecule has 3 aromatic heterocycles. The Morgan fingerprint density at radius 2 is 2.00 bits per heavy atom. The molecule has 0 radical (unpaired) electrons. The Morgan fingerprint density at radius 3 is 2.71 bits per heavy atom. The van der Waals surface area contributed by atoms with E-state index in [2.05, 4.69) is 25.4 Å². The molecule has 13 heteroatoms. The third-order valence-corrected chi connectivity index (χ3v) is 7.77. The molecule has 4 aromatic rings. The molecule has 1 N–H and O–H groups in total. The van der Waals surface area contributed by atoms with Crippen LogP contribution in [0, 0.1) is 24.6 Å². The number of fused-ring (bicyclic) bond motifs is 1. The topological polar surface area (TPSA) is 106 Å². The molecule has 41 heavy (non-hydrogen) atoms. The van der Waals surface area contributed by atoms with Gasteiger partial charge >= 0.3 is 0 Å². The smallest absolute Gasteiger partial charge is 0.275 e. The molecule has 0 bridgehead atoms. The van der Waals surface area contributed by atoms with E-state index in [0.717, 1.165) is 42.1 Å². The van der Waals surface area contributed by atoms with Crippen molar-refractivity contribution in [3.63, 3.8) is 0 Å². The van der Waals surface area contributed by atoms with Crippen LogP contribution in [0.4, 0.5) is 24.7 Å². The van der Waals surface area contributed by atoms with Crippen LogP contribution in [0.3, 0.4) is 0 Å². The lowest BCUT2D eigenvalue weighted by molar-refractivity contribution is -0.118. The van der Waals surface area contributed by atoms with Crippen molar-refractivity contribution in [2.45, 2.75) is 32.7 Å². The Labute approximate surface area is 237 Å². The molecule has 3 atom stereocenters. The predicted octanol–water partition coefficient (Wildman–Crippen LogP) is 5.62. The van der Waals surface area contributed by atoms with Crippen molar-refractivity contribution in [3.8, 4) is 11.3 Å². The van der Waals surface area contributed by atoms with Gasteiger partial charge in [0.25, 0.3) is 12.3 Å². The molecule has 0 unspecified atom stereocenters. The number of benzene rings is 1. The maximum Gasteiger partial charge on any atom is 0.275 e. The lowest BCUT2D eigenvalue weighted by Crippen LogP contribution is -2.29. The molecule has 210 valence electrons. The van der Waals surface area contributed by atoms with E-state index in [1.807, 2.05) is 19.9 Å². The highest BCUT2D eigenvalue weighted by Crippen LogP contribution is 2.47. The number of carbonyl (C=O) groups excluding carboxylic acids is 2. The highest BCUT2D eigenvalue weighted by atomic mass is 35.5. The first-order valence-corrected chi connectivity index (χ1v) is 13.2. The zero-order valence-corrected chi connectivity index (χ0v) is 22.6. The number of halogens is 4. The number of carbonyl (C=O) groups is 2. The Balaban J connectivity index is 1.18. The molecule has 0 spiro atoms. The normalized spacial score (nSPS) is 18.5. The standard InChI is InChI=1S/C28H23ClF3N7O2/c1-13-5-15(7-34-26(13)38-11-16-6-19(16)28(38)41)14(2)39-12-17(8-35-39)36-27(40)22-10-33-9-21(37-22)23-18(25(31)32)3-4-20(29)24(23)30/h3-5,7-10,12,14,16,19,25H,6,11H2,1-2H3,(H,36,40)/t14-,16+,19+/m0/s1. The van der Waals surface area contributed by atoms with E-state index < -0.39 is 29.3 Å². The van der Waals surface area contributed by atoms with Crippen molar-refractivity contribution in [3.05, 3.63) is 82.4 Å². The van der Waals surface area contributed by atoms with Gasteiger partial charge in [0.15, 0.2) is 5.82 Å². The van der Waals surface area contributed by atoms with Crippen LogP contribution >= 0.6 is 11.6 Å². The minimum Gasteiger partial charge on any atom is -0.318 e. The van der Waals surface area contributed by atoms with Gasteiger partial charge in [-0.15, -0.1) is 0 Å². The zero-order valence-electron chi connectivity index (χ0n) is 21.9. The van der Waals surface area contributed by atoms with Gasteiger partial charge in [-0.3, -0.25) is 24.2 Å². The van der Waals surface area contributed by atoms with Crippen LogP contribution in [-0.2, 0) is 4.79 Å². The molecule has 9 nitrogen and oxygen atoms in total. The number of hydrogen-bond acceptors (Lipinski definition) is 6. The summed E-state index contributed by atoms with van der Waals surface area (Å²) in [4.78, 5) is 39.7. The molecule has 2 amide bonds. The van der Waals surface area contributed by atoms with E-state index in [0.29, 0.717) is 24.0 Å². The van der Waals surface area contributed by atoms with Crippen LogP contribution in [-0.4, -0.2) is 43.1 Å². The first-order valence-electron chi connectivity index (χ1n) is 12.8. The van der Waals surface area contributed by atoms with Gasteiger partial charge in [0.05, 0.1) is 41.0 Å². The average molecular weight is 582 g/mol. The van der Waals surface area contributed by atoms with Crippen LogP contribution in [0.2, 0.25) is 5.02 Å². The Kier molecular flexibility index (Phi) is 6.72. The molecule has 1 aromatic carbocycles. The highest BCUT2D eigenvalue weighted by Gasteiger charge is 2.53. The van der Waals surface area contributed by atoms with Gasteiger partial charge in [-0.25, -0.2) is 23.1 Å². The summed E-state index contributed by atoms with van der Waals surface area (Å²) in [5.74, 6) is -0.360. The number of aryl methyl sites for hydroxylation is 1. The maximum absolute atomic E-state index is 14.7. The van der Waals surface area contributed by atoms with Gasteiger partial charge in [0.2, 0.25) is 5.91 Å². The van der Waals surface area contributed by atoms with Gasteiger partial charge in [0, 0.05) is 36.0 Å². The Morgan fingerprint density at radius 1 is 1.20 bits per heavy atom. The second-order valence-electron chi connectivity index (χ2n) is 10.2. The average Bonchev–Trinajstić information content (AvgIpc) is 3.45. The van der Waals surface area contributed by atoms with E-state index in [4.69, 9.17) is 11.6 Å². The first kappa shape index (κ1) is 26.9. The van der Waals surface area contributed by atoms with Crippen molar-refractivity contribution >= 4 is 34.9 Å². The van der Waals surface area contributed by atoms with Gasteiger partial charge in [-0.1, -0.05) is 17.7 Å². The number of rotatable bonds is 7. The van der Waals surface area contributed by atoms with E-state index >= 15 is 0 Å². The first-order chi connectivity index (χ1) is 19.6. The number of pyridine rings is 1. The fourth-order valence-electron chi connectivity index (χ4n) is 5.13. The van der Waals surface area contributed by atoms with Gasteiger partial charge in [-0.2, -0.15) is 5.10 Å². The minimum atomic E-state index is -2.99. The predicted molar refractivity (Wildman–Crippen MR) is 144 cm³/mol. The summed E-state index contributed by atoms with van der Waals surface area (Å²) in [7, 11) is 0. The van der Waals surface area contributed by atoms with Crippen LogP contribution in [0.1, 0.15) is 53.0 Å². The number of piperidine rings is 1. The molecule has 6 rings (SSSR count). The molecule has 1 aliphatic carbocycles. The van der Waals surface area contributed by atoms with Crippen molar-refractivity contribution < 1.29 is 22.8 Å². The number of aromatic nitrogens is 5. The molecular formula is C28H23ClF3N7O2. The molecule has 2 fully saturated rings. The van der Waals surface area contributed by atoms with Crippen molar-refractivity contribution in [1.29, 1.82) is 0 Å². The molecule has 2 aliphatic rings. The molecule has 1 aliphatic heterocycles. The van der Waals surface area contributed by atoms with Gasteiger partial charge in [0.1, 0.15) is 11.5 Å². The summed E-state index contributed by atoms with van der Waals surface area (Å²) >= 11 is 5.80. The second-order valence-corrected chi connectivity index (χ2v) is 10.6. The van der Waals surface area contributed by atoms with Crippen LogP contribution < -0.4 is 10.2 Å². The van der Waals surface area contributed by atoms with E-state index in [-0.39, 0.29) is 34.3 Å². The summed E-state index contributed by atoms with van der Waals surface area (Å²) in [5.41, 5.74) is 0.492. The number of hydrogen-bond donors (Lipinski definition) is 1. The van der Waals surface area contributed by atoms with Crippen LogP contribution in [0.5, 0.6) is 0 Å². The van der Waals surface area contributed by atoms with Gasteiger partial charge in [-0.05, 0) is 49.4 Å². The Hall–Kier alpha value is -4.32.